The molecule has 0 spiro atoms. The molecule has 0 aliphatic rings. The van der Waals surface area contributed by atoms with Crippen molar-refractivity contribution >= 4 is 17.4 Å². The van der Waals surface area contributed by atoms with Crippen molar-refractivity contribution in [3.05, 3.63) is 35.1 Å². The first-order valence-corrected chi connectivity index (χ1v) is 4.40. The number of Topliss-reactive ketones (excluding diaryl/α,β-unsaturated/α-hetero) is 1. The van der Waals surface area contributed by atoms with Crippen LogP contribution in [-0.2, 0) is 0 Å². The largest absolute Gasteiger partial charge is 0.293 e. The number of ketones is 1. The van der Waals surface area contributed by atoms with Gasteiger partial charge >= 0.3 is 0 Å². The predicted octanol–water partition coefficient (Wildman–Crippen LogP) is 2.94. The zero-order valence-electron chi connectivity index (χ0n) is 7.47. The van der Waals surface area contributed by atoms with Crippen LogP contribution in [0.5, 0.6) is 0 Å². The van der Waals surface area contributed by atoms with Gasteiger partial charge in [0.1, 0.15) is 5.82 Å². The predicted molar refractivity (Wildman–Crippen MR) is 50.8 cm³/mol. The van der Waals surface area contributed by atoms with Crippen LogP contribution in [-0.4, -0.2) is 11.2 Å². The number of alkyl halides is 1. The lowest BCUT2D eigenvalue weighted by Gasteiger charge is -2.03. The number of carbonyl (C=O) groups is 1. The van der Waals surface area contributed by atoms with E-state index in [1.165, 1.54) is 6.07 Å². The molecule has 0 N–H and O–H groups in total. The molecule has 0 heterocycles. The Hall–Kier alpha value is -0.890. The molecule has 0 saturated heterocycles. The van der Waals surface area contributed by atoms with Crippen LogP contribution in [0.15, 0.2) is 18.2 Å². The Morgan fingerprint density at radius 2 is 2.15 bits per heavy atom. The van der Waals surface area contributed by atoms with Gasteiger partial charge in [0.2, 0.25) is 0 Å². The molecule has 0 aromatic heterocycles. The molecule has 0 fully saturated rings. The Bertz CT molecular complexity index is 334. The van der Waals surface area contributed by atoms with Gasteiger partial charge in [-0.15, -0.1) is 11.6 Å². The lowest BCUT2D eigenvalue weighted by Crippen LogP contribution is -2.10. The average Bonchev–Trinajstić information content (AvgIpc) is 2.08. The normalized spacial score (nSPS) is 12.6. The molecule has 1 atom stereocenters. The van der Waals surface area contributed by atoms with E-state index in [2.05, 4.69) is 0 Å². The van der Waals surface area contributed by atoms with Crippen LogP contribution in [0.2, 0.25) is 0 Å². The third-order valence-corrected chi connectivity index (χ3v) is 2.02. The molecule has 1 aromatic rings. The summed E-state index contributed by atoms with van der Waals surface area (Å²) >= 11 is 5.58. The van der Waals surface area contributed by atoms with Crippen LogP contribution in [0.25, 0.3) is 0 Å². The zero-order chi connectivity index (χ0) is 10.0. The Morgan fingerprint density at radius 1 is 1.54 bits per heavy atom. The summed E-state index contributed by atoms with van der Waals surface area (Å²) in [6, 6.07) is 4.37. The summed E-state index contributed by atoms with van der Waals surface area (Å²) in [5, 5.41) is -0.609. The van der Waals surface area contributed by atoms with E-state index in [4.69, 9.17) is 11.6 Å². The smallest absolute Gasteiger partial charge is 0.180 e. The number of carbonyl (C=O) groups excluding carboxylic acids is 1. The number of rotatable bonds is 2. The molecule has 0 aliphatic heterocycles. The fraction of sp³-hybridized carbons (Fsp3) is 0.300. The van der Waals surface area contributed by atoms with Crippen LogP contribution in [0, 0.1) is 12.7 Å². The molecule has 0 saturated carbocycles. The van der Waals surface area contributed by atoms with Gasteiger partial charge in [-0.25, -0.2) is 4.39 Å². The summed E-state index contributed by atoms with van der Waals surface area (Å²) in [6.07, 6.45) is 0. The van der Waals surface area contributed by atoms with Gasteiger partial charge in [-0.2, -0.15) is 0 Å². The molecule has 13 heavy (non-hydrogen) atoms. The lowest BCUT2D eigenvalue weighted by molar-refractivity contribution is 0.0991. The van der Waals surface area contributed by atoms with E-state index >= 15 is 0 Å². The molecule has 3 heteroatoms. The summed E-state index contributed by atoms with van der Waals surface area (Å²) in [5.74, 6) is -0.622. The minimum absolute atomic E-state index is 0.249. The monoisotopic (exact) mass is 200 g/mol. The molecule has 1 rings (SSSR count). The van der Waals surface area contributed by atoms with Crippen molar-refractivity contribution in [3.8, 4) is 0 Å². The van der Waals surface area contributed by atoms with E-state index in [0.717, 1.165) is 0 Å². The molecule has 0 radical (unpaired) electrons. The minimum Gasteiger partial charge on any atom is -0.293 e. The van der Waals surface area contributed by atoms with Crippen molar-refractivity contribution in [3.63, 3.8) is 0 Å². The van der Waals surface area contributed by atoms with E-state index in [-0.39, 0.29) is 11.6 Å². The minimum atomic E-state index is -0.609. The van der Waals surface area contributed by atoms with Crippen molar-refractivity contribution in [2.24, 2.45) is 0 Å². The van der Waals surface area contributed by atoms with Gasteiger partial charge in [0.05, 0.1) is 5.38 Å². The second kappa shape index (κ2) is 3.88. The maximum atomic E-state index is 13.0. The molecule has 0 aliphatic carbocycles. The van der Waals surface area contributed by atoms with E-state index < -0.39 is 5.38 Å². The molecule has 0 bridgehead atoms. The van der Waals surface area contributed by atoms with Gasteiger partial charge in [0, 0.05) is 5.56 Å². The van der Waals surface area contributed by atoms with E-state index in [9.17, 15) is 9.18 Å². The maximum Gasteiger partial charge on any atom is 0.180 e. The fourth-order valence-electron chi connectivity index (χ4n) is 0.976. The van der Waals surface area contributed by atoms with Crippen LogP contribution >= 0.6 is 11.6 Å². The van der Waals surface area contributed by atoms with Gasteiger partial charge in [-0.3, -0.25) is 4.79 Å². The summed E-state index contributed by atoms with van der Waals surface area (Å²) in [4.78, 5) is 11.3. The van der Waals surface area contributed by atoms with Crippen LogP contribution in [0.3, 0.4) is 0 Å². The Labute approximate surface area is 81.5 Å². The third-order valence-electron chi connectivity index (χ3n) is 1.82. The number of hydrogen-bond donors (Lipinski definition) is 0. The standard InChI is InChI=1S/C10H10ClFO/c1-6-3-4-8(5-9(6)12)10(13)7(2)11/h3-5,7H,1-2H3. The highest BCUT2D eigenvalue weighted by Crippen LogP contribution is 2.12. The highest BCUT2D eigenvalue weighted by atomic mass is 35.5. The fourth-order valence-corrected chi connectivity index (χ4v) is 1.10. The first-order valence-electron chi connectivity index (χ1n) is 3.97. The van der Waals surface area contributed by atoms with Crippen molar-refractivity contribution < 1.29 is 9.18 Å². The topological polar surface area (TPSA) is 17.1 Å². The number of benzene rings is 1. The van der Waals surface area contributed by atoms with Crippen molar-refractivity contribution in [1.29, 1.82) is 0 Å². The van der Waals surface area contributed by atoms with Gasteiger partial charge < -0.3 is 0 Å². The molecular weight excluding hydrogens is 191 g/mol. The van der Waals surface area contributed by atoms with Gasteiger partial charge in [-0.05, 0) is 25.5 Å². The molecule has 0 amide bonds. The van der Waals surface area contributed by atoms with Crippen molar-refractivity contribution in [2.75, 3.05) is 0 Å². The highest BCUT2D eigenvalue weighted by molar-refractivity contribution is 6.33. The van der Waals surface area contributed by atoms with E-state index in [1.54, 1.807) is 26.0 Å². The summed E-state index contributed by atoms with van der Waals surface area (Å²) < 4.78 is 13.0. The maximum absolute atomic E-state index is 13.0. The van der Waals surface area contributed by atoms with Gasteiger partial charge in [-0.1, -0.05) is 12.1 Å². The lowest BCUT2D eigenvalue weighted by atomic mass is 10.1. The summed E-state index contributed by atoms with van der Waals surface area (Å²) in [7, 11) is 0. The van der Waals surface area contributed by atoms with Gasteiger partial charge in [0.25, 0.3) is 0 Å². The van der Waals surface area contributed by atoms with Crippen molar-refractivity contribution in [1.82, 2.24) is 0 Å². The third kappa shape index (κ3) is 2.28. The van der Waals surface area contributed by atoms with Crippen LogP contribution in [0.1, 0.15) is 22.8 Å². The molecular formula is C10H10ClFO. The highest BCUT2D eigenvalue weighted by Gasteiger charge is 2.13. The average molecular weight is 201 g/mol. The summed E-state index contributed by atoms with van der Waals surface area (Å²) in [6.45, 7) is 3.22. The Kier molecular flexibility index (Phi) is 3.04. The first kappa shape index (κ1) is 10.2. The van der Waals surface area contributed by atoms with Crippen LogP contribution < -0.4 is 0 Å². The number of hydrogen-bond acceptors (Lipinski definition) is 1. The molecule has 1 unspecified atom stereocenters. The Morgan fingerprint density at radius 3 is 2.62 bits per heavy atom. The first-order chi connectivity index (χ1) is 6.02. The molecule has 1 aromatic carbocycles. The van der Waals surface area contributed by atoms with E-state index in [1.807, 2.05) is 0 Å². The van der Waals surface area contributed by atoms with Gasteiger partial charge in [0.15, 0.2) is 5.78 Å². The number of aryl methyl sites for hydroxylation is 1. The molecule has 70 valence electrons. The summed E-state index contributed by atoms with van der Waals surface area (Å²) in [5.41, 5.74) is 0.851. The quantitative estimate of drug-likeness (QED) is 0.530. The van der Waals surface area contributed by atoms with Crippen LogP contribution in [0.4, 0.5) is 4.39 Å². The second-order valence-corrected chi connectivity index (χ2v) is 3.60. The zero-order valence-corrected chi connectivity index (χ0v) is 8.23. The van der Waals surface area contributed by atoms with E-state index in [0.29, 0.717) is 11.1 Å². The SMILES string of the molecule is Cc1ccc(C(=O)C(C)Cl)cc1F. The second-order valence-electron chi connectivity index (χ2n) is 2.94. The Balaban J connectivity index is 3.04. The number of halogens is 2. The molecule has 1 nitrogen and oxygen atoms in total. The van der Waals surface area contributed by atoms with Crippen molar-refractivity contribution in [2.45, 2.75) is 19.2 Å².